The van der Waals surface area contributed by atoms with Crippen molar-refractivity contribution in [1.82, 2.24) is 0 Å². The van der Waals surface area contributed by atoms with E-state index in [1.165, 1.54) is 0 Å². The van der Waals surface area contributed by atoms with Crippen molar-refractivity contribution in [3.8, 4) is 12.1 Å². The van der Waals surface area contributed by atoms with Crippen molar-refractivity contribution in [1.29, 1.82) is 10.5 Å². The van der Waals surface area contributed by atoms with E-state index >= 15 is 0 Å². The molecule has 0 spiro atoms. The molecule has 0 saturated carbocycles. The van der Waals surface area contributed by atoms with Gasteiger partial charge in [-0.3, -0.25) is 4.79 Å². The Labute approximate surface area is 99.6 Å². The van der Waals surface area contributed by atoms with Gasteiger partial charge in [-0.05, 0) is 17.6 Å². The van der Waals surface area contributed by atoms with E-state index in [1.54, 1.807) is 12.1 Å². The third-order valence-corrected chi connectivity index (χ3v) is 3.06. The summed E-state index contributed by atoms with van der Waals surface area (Å²) in [7, 11) is 0. The molecule has 0 aromatic heterocycles. The summed E-state index contributed by atoms with van der Waals surface area (Å²) in [5.74, 6) is -1.20. The molecular formula is C14H10N2O. The van der Waals surface area contributed by atoms with E-state index in [4.69, 9.17) is 10.5 Å². The smallest absolute Gasteiger partial charge is 0.171 e. The van der Waals surface area contributed by atoms with E-state index < -0.39 is 11.8 Å². The number of nitriles is 2. The van der Waals surface area contributed by atoms with Crippen LogP contribution in [0.3, 0.4) is 0 Å². The maximum Gasteiger partial charge on any atom is 0.171 e. The van der Waals surface area contributed by atoms with Crippen LogP contribution in [0.25, 0.3) is 5.57 Å². The molecule has 0 heterocycles. The summed E-state index contributed by atoms with van der Waals surface area (Å²) in [5.41, 5.74) is 2.22. The molecule has 0 bridgehead atoms. The average molecular weight is 222 g/mol. The van der Waals surface area contributed by atoms with Crippen LogP contribution in [-0.4, -0.2) is 5.78 Å². The predicted octanol–water partition coefficient (Wildman–Crippen LogP) is 2.57. The first-order valence-electron chi connectivity index (χ1n) is 5.30. The molecule has 1 unspecified atom stereocenters. The summed E-state index contributed by atoms with van der Waals surface area (Å²) in [4.78, 5) is 12.1. The Bertz CT molecular complexity index is 526. The van der Waals surface area contributed by atoms with Gasteiger partial charge in [-0.1, -0.05) is 30.8 Å². The summed E-state index contributed by atoms with van der Waals surface area (Å²) in [6.07, 6.45) is 0.235. The molecule has 3 nitrogen and oxygen atoms in total. The summed E-state index contributed by atoms with van der Waals surface area (Å²) in [6, 6.07) is 11.1. The molecule has 0 amide bonds. The summed E-state index contributed by atoms with van der Waals surface area (Å²) < 4.78 is 0. The molecule has 0 fully saturated rings. The van der Waals surface area contributed by atoms with Crippen LogP contribution < -0.4 is 0 Å². The zero-order chi connectivity index (χ0) is 12.4. The van der Waals surface area contributed by atoms with E-state index in [0.717, 1.165) is 11.1 Å². The van der Waals surface area contributed by atoms with Crippen LogP contribution in [0.15, 0.2) is 30.8 Å². The Morgan fingerprint density at radius 1 is 1.24 bits per heavy atom. The highest BCUT2D eigenvalue weighted by Gasteiger charge is 2.35. The van der Waals surface area contributed by atoms with Gasteiger partial charge in [-0.2, -0.15) is 10.5 Å². The van der Waals surface area contributed by atoms with E-state index in [0.29, 0.717) is 5.56 Å². The van der Waals surface area contributed by atoms with Crippen molar-refractivity contribution >= 4 is 11.4 Å². The van der Waals surface area contributed by atoms with Gasteiger partial charge in [0.2, 0.25) is 0 Å². The third-order valence-electron chi connectivity index (χ3n) is 3.06. The Morgan fingerprint density at radius 3 is 2.35 bits per heavy atom. The zero-order valence-electron chi connectivity index (χ0n) is 9.18. The second-order valence-corrected chi connectivity index (χ2v) is 4.03. The number of hydrogen-bond acceptors (Lipinski definition) is 3. The van der Waals surface area contributed by atoms with Crippen molar-refractivity contribution in [2.75, 3.05) is 0 Å². The lowest BCUT2D eigenvalue weighted by molar-refractivity contribution is 0.0951. The monoisotopic (exact) mass is 222 g/mol. The third kappa shape index (κ3) is 1.73. The number of Topliss-reactive ketones (excluding diaryl/α,β-unsaturated/α-hetero) is 1. The average Bonchev–Trinajstić information content (AvgIpc) is 2.61. The minimum Gasteiger partial charge on any atom is -0.293 e. The molecule has 1 atom stereocenters. The Kier molecular flexibility index (Phi) is 2.77. The van der Waals surface area contributed by atoms with Gasteiger partial charge >= 0.3 is 0 Å². The quantitative estimate of drug-likeness (QED) is 0.772. The first-order chi connectivity index (χ1) is 8.19. The molecule has 3 heteroatoms. The number of carbonyl (C=O) groups excluding carboxylic acids is 1. The zero-order valence-corrected chi connectivity index (χ0v) is 9.18. The molecule has 1 aliphatic rings. The van der Waals surface area contributed by atoms with Gasteiger partial charge in [0.15, 0.2) is 5.78 Å². The van der Waals surface area contributed by atoms with Crippen molar-refractivity contribution < 1.29 is 4.79 Å². The van der Waals surface area contributed by atoms with E-state index in [-0.39, 0.29) is 12.2 Å². The van der Waals surface area contributed by atoms with E-state index in [9.17, 15) is 4.79 Å². The number of benzene rings is 1. The number of ketones is 1. The number of carbonyl (C=O) groups is 1. The van der Waals surface area contributed by atoms with Gasteiger partial charge < -0.3 is 0 Å². The topological polar surface area (TPSA) is 64.7 Å². The second kappa shape index (κ2) is 4.23. The fourth-order valence-corrected chi connectivity index (χ4v) is 2.13. The molecule has 0 radical (unpaired) electrons. The van der Waals surface area contributed by atoms with Crippen LogP contribution >= 0.6 is 0 Å². The Hall–Kier alpha value is -2.39. The van der Waals surface area contributed by atoms with Crippen molar-refractivity contribution in [3.63, 3.8) is 0 Å². The van der Waals surface area contributed by atoms with Crippen LogP contribution in [0.4, 0.5) is 0 Å². The highest BCUT2D eigenvalue weighted by Crippen LogP contribution is 2.38. The molecular weight excluding hydrogens is 212 g/mol. The number of allylic oxidation sites excluding steroid dienone is 1. The fraction of sp³-hybridized carbons (Fsp3) is 0.214. The highest BCUT2D eigenvalue weighted by molar-refractivity contribution is 6.13. The van der Waals surface area contributed by atoms with Gasteiger partial charge in [-0.15, -0.1) is 0 Å². The van der Waals surface area contributed by atoms with Gasteiger partial charge in [0.25, 0.3) is 0 Å². The van der Waals surface area contributed by atoms with Gasteiger partial charge in [-0.25, -0.2) is 0 Å². The Morgan fingerprint density at radius 2 is 1.82 bits per heavy atom. The number of hydrogen-bond donors (Lipinski definition) is 0. The largest absolute Gasteiger partial charge is 0.293 e. The van der Waals surface area contributed by atoms with Crippen molar-refractivity contribution in [2.24, 2.45) is 11.8 Å². The lowest BCUT2D eigenvalue weighted by Crippen LogP contribution is -2.12. The summed E-state index contributed by atoms with van der Waals surface area (Å²) >= 11 is 0. The van der Waals surface area contributed by atoms with Crippen molar-refractivity contribution in [3.05, 3.63) is 42.0 Å². The summed E-state index contributed by atoms with van der Waals surface area (Å²) in [5, 5.41) is 17.5. The summed E-state index contributed by atoms with van der Waals surface area (Å²) in [6.45, 7) is 3.91. The van der Waals surface area contributed by atoms with Crippen molar-refractivity contribution in [2.45, 2.75) is 6.42 Å². The van der Waals surface area contributed by atoms with Crippen LogP contribution in [0, 0.1) is 34.5 Å². The standard InChI is InChI=1S/C14H10N2O/c1-9-11-4-2-3-5-12(11)14(17)13(9)6-10(7-15)8-16/h2-5,10,13H,1,6H2. The van der Waals surface area contributed by atoms with Gasteiger partial charge in [0.1, 0.15) is 5.92 Å². The molecule has 82 valence electrons. The first-order valence-corrected chi connectivity index (χ1v) is 5.30. The molecule has 0 aliphatic heterocycles. The molecule has 1 aromatic rings. The predicted molar refractivity (Wildman–Crippen MR) is 62.6 cm³/mol. The van der Waals surface area contributed by atoms with Crippen LogP contribution in [-0.2, 0) is 0 Å². The molecule has 1 aromatic carbocycles. The second-order valence-electron chi connectivity index (χ2n) is 4.03. The molecule has 0 saturated heterocycles. The Balaban J connectivity index is 2.32. The molecule has 17 heavy (non-hydrogen) atoms. The SMILES string of the molecule is C=C1c2ccccc2C(=O)C1CC(C#N)C#N. The van der Waals surface area contributed by atoms with Crippen LogP contribution in [0.5, 0.6) is 0 Å². The minimum atomic E-state index is -0.755. The van der Waals surface area contributed by atoms with E-state index in [1.807, 2.05) is 24.3 Å². The maximum absolute atomic E-state index is 12.1. The van der Waals surface area contributed by atoms with Crippen LogP contribution in [0.2, 0.25) is 0 Å². The highest BCUT2D eigenvalue weighted by atomic mass is 16.1. The number of rotatable bonds is 2. The lowest BCUT2D eigenvalue weighted by Gasteiger charge is -2.09. The maximum atomic E-state index is 12.1. The number of fused-ring (bicyclic) bond motifs is 1. The molecule has 0 N–H and O–H groups in total. The first kappa shape index (κ1) is 11.1. The van der Waals surface area contributed by atoms with Gasteiger partial charge in [0, 0.05) is 11.5 Å². The molecule has 1 aliphatic carbocycles. The molecule has 2 rings (SSSR count). The van der Waals surface area contributed by atoms with Crippen LogP contribution in [0.1, 0.15) is 22.3 Å². The number of nitrogens with zero attached hydrogens (tertiary/aromatic N) is 2. The fourth-order valence-electron chi connectivity index (χ4n) is 2.13. The minimum absolute atomic E-state index is 0.0268. The van der Waals surface area contributed by atoms with E-state index in [2.05, 4.69) is 6.58 Å². The van der Waals surface area contributed by atoms with Gasteiger partial charge in [0.05, 0.1) is 12.1 Å². The lowest BCUT2D eigenvalue weighted by atomic mass is 9.90. The normalized spacial score (nSPS) is 17.7.